The molecular weight excluding hydrogens is 208 g/mol. The molecule has 0 aliphatic rings. The van der Waals surface area contributed by atoms with Crippen molar-refractivity contribution < 1.29 is 14.6 Å². The van der Waals surface area contributed by atoms with Crippen molar-refractivity contribution in [3.05, 3.63) is 0 Å². The number of methoxy groups -OCH3 is 1. The second-order valence-electron chi connectivity index (χ2n) is 4.24. The molecule has 3 unspecified atom stereocenters. The minimum atomic E-state index is -0.664. The number of aliphatic hydroxyl groups is 1. The van der Waals surface area contributed by atoms with Gasteiger partial charge in [-0.05, 0) is 5.92 Å². The third kappa shape index (κ3) is 4.92. The standard InChI is InChI=1S/C11H24N2O3/c1-5-8(2)10(12)11(15)13(3)6-9(14)7-16-4/h8-10,14H,5-7,12H2,1-4H3. The molecule has 0 aromatic carbocycles. The van der Waals surface area contributed by atoms with E-state index in [-0.39, 0.29) is 25.0 Å². The van der Waals surface area contributed by atoms with E-state index in [1.165, 1.54) is 12.0 Å². The summed E-state index contributed by atoms with van der Waals surface area (Å²) in [5.74, 6) is 0.0130. The first-order valence-corrected chi connectivity index (χ1v) is 5.61. The molecule has 5 nitrogen and oxygen atoms in total. The van der Waals surface area contributed by atoms with Gasteiger partial charge >= 0.3 is 0 Å². The summed E-state index contributed by atoms with van der Waals surface area (Å²) in [6.45, 7) is 4.41. The first-order chi connectivity index (χ1) is 7.43. The third-order valence-electron chi connectivity index (χ3n) is 2.76. The quantitative estimate of drug-likeness (QED) is 0.639. The number of nitrogens with zero attached hydrogens (tertiary/aromatic N) is 1. The highest BCUT2D eigenvalue weighted by Crippen LogP contribution is 2.08. The van der Waals surface area contributed by atoms with Gasteiger partial charge in [-0.15, -0.1) is 0 Å². The van der Waals surface area contributed by atoms with Gasteiger partial charge in [0, 0.05) is 20.7 Å². The van der Waals surface area contributed by atoms with Crippen LogP contribution in [0.5, 0.6) is 0 Å². The summed E-state index contributed by atoms with van der Waals surface area (Å²) < 4.78 is 4.79. The summed E-state index contributed by atoms with van der Waals surface area (Å²) in [4.78, 5) is 13.3. The van der Waals surface area contributed by atoms with Crippen LogP contribution in [0.4, 0.5) is 0 Å². The normalized spacial score (nSPS) is 16.6. The number of carbonyl (C=O) groups excluding carboxylic acids is 1. The molecule has 5 heteroatoms. The lowest BCUT2D eigenvalue weighted by Gasteiger charge is -2.26. The van der Waals surface area contributed by atoms with Crippen molar-refractivity contribution in [1.82, 2.24) is 4.90 Å². The van der Waals surface area contributed by atoms with Gasteiger partial charge in [-0.2, -0.15) is 0 Å². The highest BCUT2D eigenvalue weighted by atomic mass is 16.5. The number of rotatable bonds is 7. The Kier molecular flexibility index (Phi) is 7.29. The molecule has 0 bridgehead atoms. The van der Waals surface area contributed by atoms with Gasteiger partial charge < -0.3 is 20.5 Å². The van der Waals surface area contributed by atoms with Gasteiger partial charge in [-0.25, -0.2) is 0 Å². The smallest absolute Gasteiger partial charge is 0.239 e. The largest absolute Gasteiger partial charge is 0.389 e. The van der Waals surface area contributed by atoms with Crippen LogP contribution in [-0.4, -0.2) is 55.4 Å². The predicted molar refractivity (Wildman–Crippen MR) is 63.0 cm³/mol. The molecule has 1 amide bonds. The summed E-state index contributed by atoms with van der Waals surface area (Å²) in [6.07, 6.45) is 0.199. The molecular formula is C11H24N2O3. The molecule has 0 rings (SSSR count). The summed E-state index contributed by atoms with van der Waals surface area (Å²) in [7, 11) is 3.15. The molecule has 96 valence electrons. The molecule has 16 heavy (non-hydrogen) atoms. The van der Waals surface area contributed by atoms with Crippen molar-refractivity contribution in [3.8, 4) is 0 Å². The van der Waals surface area contributed by atoms with E-state index >= 15 is 0 Å². The van der Waals surface area contributed by atoms with Crippen LogP contribution >= 0.6 is 0 Å². The summed E-state index contributed by atoms with van der Waals surface area (Å²) in [5.41, 5.74) is 5.82. The molecule has 0 aromatic rings. The predicted octanol–water partition coefficient (Wildman–Crippen LogP) is -0.174. The van der Waals surface area contributed by atoms with Crippen molar-refractivity contribution in [2.24, 2.45) is 11.7 Å². The minimum Gasteiger partial charge on any atom is -0.389 e. The zero-order valence-electron chi connectivity index (χ0n) is 10.6. The van der Waals surface area contributed by atoms with Crippen molar-refractivity contribution >= 4 is 5.91 Å². The van der Waals surface area contributed by atoms with E-state index in [2.05, 4.69) is 0 Å². The molecule has 0 aliphatic heterocycles. The van der Waals surface area contributed by atoms with Gasteiger partial charge in [0.1, 0.15) is 0 Å². The topological polar surface area (TPSA) is 75.8 Å². The lowest BCUT2D eigenvalue weighted by Crippen LogP contribution is -2.48. The lowest BCUT2D eigenvalue weighted by molar-refractivity contribution is -0.134. The number of ether oxygens (including phenoxy) is 1. The van der Waals surface area contributed by atoms with Crippen molar-refractivity contribution in [2.45, 2.75) is 32.4 Å². The van der Waals surface area contributed by atoms with E-state index in [1.807, 2.05) is 13.8 Å². The van der Waals surface area contributed by atoms with E-state index in [1.54, 1.807) is 7.05 Å². The maximum Gasteiger partial charge on any atom is 0.239 e. The number of hydrogen-bond acceptors (Lipinski definition) is 4. The average molecular weight is 232 g/mol. The Labute approximate surface area is 97.6 Å². The highest BCUT2D eigenvalue weighted by Gasteiger charge is 2.23. The maximum absolute atomic E-state index is 11.8. The molecule has 0 fully saturated rings. The number of carbonyl (C=O) groups is 1. The van der Waals surface area contributed by atoms with Crippen LogP contribution in [0.15, 0.2) is 0 Å². The lowest BCUT2D eigenvalue weighted by atomic mass is 9.99. The monoisotopic (exact) mass is 232 g/mol. The Morgan fingerprint density at radius 2 is 2.12 bits per heavy atom. The fraction of sp³-hybridized carbons (Fsp3) is 0.909. The van der Waals surface area contributed by atoms with Gasteiger partial charge in [-0.3, -0.25) is 4.79 Å². The second-order valence-corrected chi connectivity index (χ2v) is 4.24. The number of likely N-dealkylation sites (N-methyl/N-ethyl adjacent to an activating group) is 1. The van der Waals surface area contributed by atoms with Gasteiger partial charge in [0.25, 0.3) is 0 Å². The summed E-state index contributed by atoms with van der Waals surface area (Å²) >= 11 is 0. The Balaban J connectivity index is 4.17. The molecule has 3 N–H and O–H groups in total. The molecule has 0 saturated heterocycles. The van der Waals surface area contributed by atoms with E-state index in [9.17, 15) is 9.90 Å². The molecule has 0 aliphatic carbocycles. The molecule has 0 saturated carbocycles. The summed E-state index contributed by atoms with van der Waals surface area (Å²) in [6, 6.07) is -0.496. The van der Waals surface area contributed by atoms with Crippen LogP contribution in [0.25, 0.3) is 0 Å². The first kappa shape index (κ1) is 15.3. The fourth-order valence-electron chi connectivity index (χ4n) is 1.40. The van der Waals surface area contributed by atoms with Crippen molar-refractivity contribution in [2.75, 3.05) is 27.3 Å². The van der Waals surface area contributed by atoms with Gasteiger partial charge in [0.15, 0.2) is 0 Å². The van der Waals surface area contributed by atoms with Gasteiger partial charge in [-0.1, -0.05) is 20.3 Å². The van der Waals surface area contributed by atoms with Crippen LogP contribution in [0.3, 0.4) is 0 Å². The third-order valence-corrected chi connectivity index (χ3v) is 2.76. The SMILES string of the molecule is CCC(C)C(N)C(=O)N(C)CC(O)COC. The number of amides is 1. The average Bonchev–Trinajstić information content (AvgIpc) is 2.26. The van der Waals surface area contributed by atoms with Crippen LogP contribution in [0.1, 0.15) is 20.3 Å². The van der Waals surface area contributed by atoms with E-state index in [4.69, 9.17) is 10.5 Å². The van der Waals surface area contributed by atoms with E-state index in [0.717, 1.165) is 6.42 Å². The number of nitrogens with two attached hydrogens (primary N) is 1. The number of aliphatic hydroxyl groups excluding tert-OH is 1. The Morgan fingerprint density at radius 1 is 1.56 bits per heavy atom. The van der Waals surface area contributed by atoms with Crippen LogP contribution in [0.2, 0.25) is 0 Å². The fourth-order valence-corrected chi connectivity index (χ4v) is 1.40. The Hall–Kier alpha value is -0.650. The van der Waals surface area contributed by atoms with Crippen molar-refractivity contribution in [3.63, 3.8) is 0 Å². The van der Waals surface area contributed by atoms with E-state index in [0.29, 0.717) is 0 Å². The summed E-state index contributed by atoms with van der Waals surface area (Å²) in [5, 5.41) is 9.49. The van der Waals surface area contributed by atoms with Crippen LogP contribution in [-0.2, 0) is 9.53 Å². The Bertz CT molecular complexity index is 211. The first-order valence-electron chi connectivity index (χ1n) is 5.61. The van der Waals surface area contributed by atoms with Gasteiger partial charge in [0.05, 0.1) is 18.8 Å². The zero-order valence-corrected chi connectivity index (χ0v) is 10.6. The molecule has 3 atom stereocenters. The molecule has 0 spiro atoms. The van der Waals surface area contributed by atoms with Gasteiger partial charge in [0.2, 0.25) is 5.91 Å². The van der Waals surface area contributed by atoms with Crippen LogP contribution < -0.4 is 5.73 Å². The van der Waals surface area contributed by atoms with Crippen LogP contribution in [0, 0.1) is 5.92 Å². The highest BCUT2D eigenvalue weighted by molar-refractivity contribution is 5.81. The minimum absolute atomic E-state index is 0.135. The Morgan fingerprint density at radius 3 is 2.56 bits per heavy atom. The molecule has 0 radical (unpaired) electrons. The molecule has 0 heterocycles. The maximum atomic E-state index is 11.8. The van der Waals surface area contributed by atoms with E-state index < -0.39 is 12.1 Å². The van der Waals surface area contributed by atoms with Crippen molar-refractivity contribution in [1.29, 1.82) is 0 Å². The second kappa shape index (κ2) is 7.60. The number of hydrogen-bond donors (Lipinski definition) is 2. The zero-order chi connectivity index (χ0) is 12.7. The molecule has 0 aromatic heterocycles.